The molecule has 0 radical (unpaired) electrons. The molecule has 3 N–H and O–H groups in total. The first kappa shape index (κ1) is 16.5. The normalized spacial score (nSPS) is 11.1. The van der Waals surface area contributed by atoms with E-state index < -0.39 is 17.7 Å². The molecular formula is C14H7Br2ClN2O3S. The molecule has 2 heterocycles. The van der Waals surface area contributed by atoms with Gasteiger partial charge in [0.05, 0.1) is 19.7 Å². The Hall–Kier alpha value is -1.35. The number of thiophene rings is 1. The molecule has 0 spiro atoms. The molecule has 0 atom stereocenters. The number of nitrogens with two attached hydrogens (primary N) is 1. The van der Waals surface area contributed by atoms with E-state index in [0.29, 0.717) is 20.8 Å². The van der Waals surface area contributed by atoms with Crippen LogP contribution >= 0.6 is 54.8 Å². The van der Waals surface area contributed by atoms with Crippen molar-refractivity contribution in [2.75, 3.05) is 0 Å². The van der Waals surface area contributed by atoms with E-state index >= 15 is 0 Å². The summed E-state index contributed by atoms with van der Waals surface area (Å²) in [5.41, 5.74) is 5.61. The molecule has 0 unspecified atom stereocenters. The van der Waals surface area contributed by atoms with Crippen LogP contribution in [0.4, 0.5) is 4.79 Å². The quantitative estimate of drug-likeness (QED) is 0.522. The average Bonchev–Trinajstić information content (AvgIpc) is 2.95. The van der Waals surface area contributed by atoms with E-state index in [0.717, 1.165) is 12.8 Å². The maximum absolute atomic E-state index is 12.8. The van der Waals surface area contributed by atoms with E-state index in [1.807, 2.05) is 0 Å². The van der Waals surface area contributed by atoms with Crippen molar-refractivity contribution in [3.8, 4) is 5.88 Å². The Morgan fingerprint density at radius 3 is 2.52 bits per heavy atom. The molecule has 3 aromatic rings. The van der Waals surface area contributed by atoms with Gasteiger partial charge in [-0.15, -0.1) is 11.3 Å². The topological polar surface area (TPSA) is 85.3 Å². The average molecular weight is 479 g/mol. The van der Waals surface area contributed by atoms with E-state index in [-0.39, 0.29) is 5.56 Å². The summed E-state index contributed by atoms with van der Waals surface area (Å²) in [6.45, 7) is 0. The number of benzene rings is 1. The molecule has 1 amide bonds. The molecule has 23 heavy (non-hydrogen) atoms. The minimum Gasteiger partial charge on any atom is -0.494 e. The van der Waals surface area contributed by atoms with Crippen molar-refractivity contribution < 1.29 is 14.7 Å². The number of primary amides is 1. The number of carbonyl (C=O) groups excluding carboxylic acids is 2. The maximum Gasteiger partial charge on any atom is 0.326 e. The second-order valence-electron chi connectivity index (χ2n) is 4.60. The number of amides is 1. The van der Waals surface area contributed by atoms with E-state index in [1.165, 1.54) is 23.5 Å². The number of aromatic hydroxyl groups is 1. The number of rotatable bonds is 2. The third kappa shape index (κ3) is 2.69. The summed E-state index contributed by atoms with van der Waals surface area (Å²) >= 11 is 13.8. The maximum atomic E-state index is 12.8. The van der Waals surface area contributed by atoms with Crippen LogP contribution < -0.4 is 5.73 Å². The highest BCUT2D eigenvalue weighted by Crippen LogP contribution is 2.38. The summed E-state index contributed by atoms with van der Waals surface area (Å²) in [6, 6.07) is 5.34. The lowest BCUT2D eigenvalue weighted by molar-refractivity contribution is 0.104. The molecule has 118 valence electrons. The van der Waals surface area contributed by atoms with Crippen molar-refractivity contribution in [1.29, 1.82) is 0 Å². The number of hydrogen-bond acceptors (Lipinski definition) is 4. The molecule has 9 heteroatoms. The Morgan fingerprint density at radius 1 is 1.26 bits per heavy atom. The van der Waals surface area contributed by atoms with Crippen LogP contribution in [-0.4, -0.2) is 21.5 Å². The standard InChI is InChI=1S/C14H7Br2ClN2O3S/c15-7-4-9(23-12(7)16)11(20)10-6-3-5(17)1-2-8(6)19(13(10)21)14(18)22/h1-4,21H,(H2,18,22). The molecule has 0 aliphatic rings. The number of aromatic nitrogens is 1. The predicted octanol–water partition coefficient (Wildman–Crippen LogP) is 4.74. The Bertz CT molecular complexity index is 961. The van der Waals surface area contributed by atoms with Gasteiger partial charge < -0.3 is 10.8 Å². The molecule has 0 aliphatic carbocycles. The first-order chi connectivity index (χ1) is 10.8. The fourth-order valence-electron chi connectivity index (χ4n) is 2.28. The SMILES string of the molecule is NC(=O)n1c(O)c(C(=O)c2cc(Br)c(Br)s2)c2cc(Cl)ccc21. The van der Waals surface area contributed by atoms with E-state index in [1.54, 1.807) is 12.1 Å². The molecular weight excluding hydrogens is 471 g/mol. The van der Waals surface area contributed by atoms with Gasteiger partial charge in [0.1, 0.15) is 0 Å². The van der Waals surface area contributed by atoms with Crippen LogP contribution in [0, 0.1) is 0 Å². The highest BCUT2D eigenvalue weighted by atomic mass is 79.9. The molecule has 1 aromatic carbocycles. The second-order valence-corrected chi connectivity index (χ2v) is 8.26. The molecule has 2 aromatic heterocycles. The van der Waals surface area contributed by atoms with Crippen LogP contribution in [0.3, 0.4) is 0 Å². The Kier molecular flexibility index (Phi) is 4.26. The van der Waals surface area contributed by atoms with E-state index in [2.05, 4.69) is 31.9 Å². The minimum absolute atomic E-state index is 0.0115. The van der Waals surface area contributed by atoms with Crippen LogP contribution in [-0.2, 0) is 0 Å². The Labute approximate surface area is 155 Å². The molecule has 0 aliphatic heterocycles. The van der Waals surface area contributed by atoms with Gasteiger partial charge in [-0.2, -0.15) is 0 Å². The summed E-state index contributed by atoms with van der Waals surface area (Å²) in [4.78, 5) is 24.8. The molecule has 0 saturated carbocycles. The van der Waals surface area contributed by atoms with Crippen molar-refractivity contribution >= 4 is 77.5 Å². The molecule has 0 fully saturated rings. The van der Waals surface area contributed by atoms with Gasteiger partial charge >= 0.3 is 6.03 Å². The molecule has 0 bridgehead atoms. The highest BCUT2D eigenvalue weighted by Gasteiger charge is 2.27. The number of carbonyl (C=O) groups is 2. The number of halogens is 3. The lowest BCUT2D eigenvalue weighted by Crippen LogP contribution is -2.18. The summed E-state index contributed by atoms with van der Waals surface area (Å²) in [6.07, 6.45) is 0. The number of fused-ring (bicyclic) bond motifs is 1. The lowest BCUT2D eigenvalue weighted by atomic mass is 10.1. The first-order valence-electron chi connectivity index (χ1n) is 6.13. The van der Waals surface area contributed by atoms with Gasteiger partial charge in [-0.3, -0.25) is 4.79 Å². The highest BCUT2D eigenvalue weighted by molar-refractivity contribution is 9.13. The van der Waals surface area contributed by atoms with Crippen LogP contribution in [0.2, 0.25) is 5.02 Å². The predicted molar refractivity (Wildman–Crippen MR) is 96.7 cm³/mol. The number of nitrogens with zero attached hydrogens (tertiary/aromatic N) is 1. The largest absolute Gasteiger partial charge is 0.494 e. The third-order valence-electron chi connectivity index (χ3n) is 3.22. The van der Waals surface area contributed by atoms with Crippen LogP contribution in [0.1, 0.15) is 15.2 Å². The van der Waals surface area contributed by atoms with E-state index in [4.69, 9.17) is 17.3 Å². The van der Waals surface area contributed by atoms with Crippen LogP contribution in [0.5, 0.6) is 5.88 Å². The second kappa shape index (κ2) is 5.94. The zero-order chi connectivity index (χ0) is 16.9. The zero-order valence-corrected chi connectivity index (χ0v) is 15.9. The molecule has 5 nitrogen and oxygen atoms in total. The minimum atomic E-state index is -0.887. The van der Waals surface area contributed by atoms with Gasteiger partial charge in [-0.05, 0) is 56.1 Å². The summed E-state index contributed by atoms with van der Waals surface area (Å²) in [5.74, 6) is -0.924. The van der Waals surface area contributed by atoms with Crippen molar-refractivity contribution in [3.63, 3.8) is 0 Å². The fraction of sp³-hybridized carbons (Fsp3) is 0. The van der Waals surface area contributed by atoms with Gasteiger partial charge in [0.15, 0.2) is 0 Å². The van der Waals surface area contributed by atoms with Crippen molar-refractivity contribution in [1.82, 2.24) is 4.57 Å². The van der Waals surface area contributed by atoms with Gasteiger partial charge in [0.2, 0.25) is 11.7 Å². The number of hydrogen-bond donors (Lipinski definition) is 2. The van der Waals surface area contributed by atoms with Crippen LogP contribution in [0.15, 0.2) is 32.5 Å². The van der Waals surface area contributed by atoms with E-state index in [9.17, 15) is 14.7 Å². The van der Waals surface area contributed by atoms with Gasteiger partial charge in [0.25, 0.3) is 0 Å². The Balaban J connectivity index is 2.32. The van der Waals surface area contributed by atoms with Gasteiger partial charge in [-0.1, -0.05) is 11.6 Å². The lowest BCUT2D eigenvalue weighted by Gasteiger charge is -2.00. The van der Waals surface area contributed by atoms with Crippen LogP contribution in [0.25, 0.3) is 10.9 Å². The van der Waals surface area contributed by atoms with Gasteiger partial charge in [0, 0.05) is 14.9 Å². The third-order valence-corrected chi connectivity index (χ3v) is 6.71. The van der Waals surface area contributed by atoms with Crippen molar-refractivity contribution in [2.24, 2.45) is 5.73 Å². The summed E-state index contributed by atoms with van der Waals surface area (Å²) < 4.78 is 2.36. The summed E-state index contributed by atoms with van der Waals surface area (Å²) in [5, 5.41) is 11.1. The molecule has 3 rings (SSSR count). The number of ketones is 1. The van der Waals surface area contributed by atoms with Gasteiger partial charge in [-0.25, -0.2) is 9.36 Å². The monoisotopic (exact) mass is 476 g/mol. The summed E-state index contributed by atoms with van der Waals surface area (Å²) in [7, 11) is 0. The smallest absolute Gasteiger partial charge is 0.326 e. The Morgan fingerprint density at radius 2 is 1.96 bits per heavy atom. The van der Waals surface area contributed by atoms with Crippen molar-refractivity contribution in [3.05, 3.63) is 48.0 Å². The molecule has 0 saturated heterocycles. The van der Waals surface area contributed by atoms with Crippen molar-refractivity contribution in [2.45, 2.75) is 0 Å². The zero-order valence-electron chi connectivity index (χ0n) is 11.1. The first-order valence-corrected chi connectivity index (χ1v) is 8.91. The fourth-order valence-corrected chi connectivity index (χ4v) is 4.43.